The van der Waals surface area contributed by atoms with Crippen molar-refractivity contribution in [2.75, 3.05) is 0 Å². The SMILES string of the molecule is CC1(C)c2ccccc2-c2c1c1c3ccccc3n(-c3ccccc3)c1c1c3ccccc3n(-c3ccc4c5c(cccc35)-c3ccccc3-4)c21. The van der Waals surface area contributed by atoms with Gasteiger partial charge in [-0.05, 0) is 74.7 Å². The molecule has 238 valence electrons. The molecule has 0 N–H and O–H groups in total. The largest absolute Gasteiger partial charge is 0.309 e. The third-order valence-electron chi connectivity index (χ3n) is 12.0. The molecule has 2 aromatic heterocycles. The average Bonchev–Trinajstić information content (AvgIpc) is 3.87. The smallest absolute Gasteiger partial charge is 0.0644 e. The van der Waals surface area contributed by atoms with Crippen LogP contribution in [-0.2, 0) is 5.41 Å². The van der Waals surface area contributed by atoms with Crippen molar-refractivity contribution in [3.05, 3.63) is 169 Å². The zero-order valence-corrected chi connectivity index (χ0v) is 28.4. The molecule has 0 saturated carbocycles. The van der Waals surface area contributed by atoms with Crippen molar-refractivity contribution in [2.24, 2.45) is 0 Å². The lowest BCUT2D eigenvalue weighted by molar-refractivity contribution is 0.667. The molecule has 2 nitrogen and oxygen atoms in total. The van der Waals surface area contributed by atoms with E-state index < -0.39 is 0 Å². The Balaban J connectivity index is 1.37. The second-order valence-corrected chi connectivity index (χ2v) is 14.8. The highest BCUT2D eigenvalue weighted by molar-refractivity contribution is 6.32. The monoisotopic (exact) mass is 648 g/mol. The van der Waals surface area contributed by atoms with Gasteiger partial charge in [0.1, 0.15) is 0 Å². The molecule has 0 amide bonds. The number of nitrogens with zero attached hydrogens (tertiary/aromatic N) is 2. The van der Waals surface area contributed by atoms with Crippen LogP contribution < -0.4 is 0 Å². The van der Waals surface area contributed by atoms with E-state index in [1.165, 1.54) is 110 Å². The number of hydrogen-bond acceptors (Lipinski definition) is 0. The van der Waals surface area contributed by atoms with Crippen LogP contribution in [0.15, 0.2) is 158 Å². The van der Waals surface area contributed by atoms with Crippen molar-refractivity contribution in [3.8, 4) is 44.8 Å². The number of hydrogen-bond donors (Lipinski definition) is 0. The minimum absolute atomic E-state index is 0.213. The topological polar surface area (TPSA) is 9.86 Å². The molecule has 0 aliphatic heterocycles. The molecule has 0 saturated heterocycles. The maximum Gasteiger partial charge on any atom is 0.0644 e. The Bertz CT molecular complexity index is 3120. The molecule has 0 spiro atoms. The molecule has 0 atom stereocenters. The molecular weight excluding hydrogens is 617 g/mol. The fourth-order valence-electron chi connectivity index (χ4n) is 10.0. The third kappa shape index (κ3) is 3.24. The van der Waals surface area contributed by atoms with Crippen LogP contribution in [0.1, 0.15) is 25.0 Å². The molecule has 0 unspecified atom stereocenters. The van der Waals surface area contributed by atoms with Crippen LogP contribution in [0.4, 0.5) is 0 Å². The van der Waals surface area contributed by atoms with Crippen LogP contribution in [0.2, 0.25) is 0 Å². The van der Waals surface area contributed by atoms with Gasteiger partial charge in [-0.15, -0.1) is 0 Å². The van der Waals surface area contributed by atoms with Gasteiger partial charge in [-0.25, -0.2) is 0 Å². The van der Waals surface area contributed by atoms with Gasteiger partial charge < -0.3 is 9.13 Å². The number of fused-ring (bicyclic) bond motifs is 15. The lowest BCUT2D eigenvalue weighted by Gasteiger charge is -2.23. The fraction of sp³-hybridized carbons (Fsp3) is 0.0612. The van der Waals surface area contributed by atoms with E-state index in [2.05, 4.69) is 181 Å². The molecule has 0 radical (unpaired) electrons. The number of benzene rings is 8. The molecule has 2 heterocycles. The number of rotatable bonds is 2. The quantitative estimate of drug-likeness (QED) is 0.177. The Morgan fingerprint density at radius 2 is 0.961 bits per heavy atom. The Kier molecular flexibility index (Phi) is 5.08. The maximum atomic E-state index is 2.61. The van der Waals surface area contributed by atoms with E-state index >= 15 is 0 Å². The summed E-state index contributed by atoms with van der Waals surface area (Å²) in [6.45, 7) is 4.86. The summed E-state index contributed by atoms with van der Waals surface area (Å²) < 4.78 is 5.15. The highest BCUT2D eigenvalue weighted by Gasteiger charge is 2.41. The van der Waals surface area contributed by atoms with Crippen LogP contribution in [0.5, 0.6) is 0 Å². The summed E-state index contributed by atoms with van der Waals surface area (Å²) in [5.41, 5.74) is 18.0. The maximum absolute atomic E-state index is 2.61. The second-order valence-electron chi connectivity index (χ2n) is 14.8. The first-order valence-electron chi connectivity index (χ1n) is 18.0. The Labute approximate surface area is 295 Å². The summed E-state index contributed by atoms with van der Waals surface area (Å²) in [5, 5.41) is 7.87. The van der Waals surface area contributed by atoms with Crippen molar-refractivity contribution in [1.82, 2.24) is 9.13 Å². The second kappa shape index (κ2) is 9.44. The summed E-state index contributed by atoms with van der Waals surface area (Å²) >= 11 is 0. The van der Waals surface area contributed by atoms with Gasteiger partial charge >= 0.3 is 0 Å². The Morgan fingerprint density at radius 1 is 0.392 bits per heavy atom. The van der Waals surface area contributed by atoms with E-state index in [0.717, 1.165) is 0 Å². The summed E-state index contributed by atoms with van der Waals surface area (Å²) in [7, 11) is 0. The van der Waals surface area contributed by atoms with Crippen molar-refractivity contribution in [2.45, 2.75) is 19.3 Å². The molecule has 8 aromatic carbocycles. The summed E-state index contributed by atoms with van der Waals surface area (Å²) in [6, 6.07) is 58.7. The predicted octanol–water partition coefficient (Wildman–Crippen LogP) is 13.0. The summed E-state index contributed by atoms with van der Waals surface area (Å²) in [5.74, 6) is 0. The minimum Gasteiger partial charge on any atom is -0.309 e. The standard InChI is InChI=1S/C49H32N2/c1-49(2)38-24-11-8-19-34(38)43-46(49)44-36-20-9-12-25-39(36)50(29-15-4-3-5-16-29)47(44)45-37-21-10-13-26-40(37)51(48(43)45)41-28-27-33-31-18-7-6-17-30(31)32-22-14-23-35(41)42(32)33/h3-28H,1-2H3. The molecule has 2 aliphatic carbocycles. The van der Waals surface area contributed by atoms with Gasteiger partial charge in [0.15, 0.2) is 0 Å². The van der Waals surface area contributed by atoms with Gasteiger partial charge in [-0.3, -0.25) is 0 Å². The number of para-hydroxylation sites is 3. The van der Waals surface area contributed by atoms with Crippen molar-refractivity contribution in [1.29, 1.82) is 0 Å². The first-order chi connectivity index (χ1) is 25.1. The van der Waals surface area contributed by atoms with Gasteiger partial charge in [0.2, 0.25) is 0 Å². The van der Waals surface area contributed by atoms with E-state index in [1.54, 1.807) is 0 Å². The first kappa shape index (κ1) is 27.4. The van der Waals surface area contributed by atoms with E-state index in [-0.39, 0.29) is 5.41 Å². The van der Waals surface area contributed by atoms with Crippen LogP contribution >= 0.6 is 0 Å². The Hall–Kier alpha value is -6.38. The van der Waals surface area contributed by atoms with E-state index in [4.69, 9.17) is 0 Å². The van der Waals surface area contributed by atoms with Crippen LogP contribution in [0, 0.1) is 0 Å². The van der Waals surface area contributed by atoms with Crippen molar-refractivity contribution in [3.63, 3.8) is 0 Å². The molecule has 10 aromatic rings. The highest BCUT2D eigenvalue weighted by Crippen LogP contribution is 2.58. The van der Waals surface area contributed by atoms with E-state index in [9.17, 15) is 0 Å². The minimum atomic E-state index is -0.213. The molecular formula is C49H32N2. The molecule has 2 aliphatic rings. The molecule has 0 bridgehead atoms. The zero-order chi connectivity index (χ0) is 33.6. The van der Waals surface area contributed by atoms with Crippen LogP contribution in [-0.4, -0.2) is 9.13 Å². The van der Waals surface area contributed by atoms with E-state index in [0.29, 0.717) is 0 Å². The predicted molar refractivity (Wildman–Crippen MR) is 215 cm³/mol. The highest BCUT2D eigenvalue weighted by atomic mass is 15.0. The zero-order valence-electron chi connectivity index (χ0n) is 28.4. The van der Waals surface area contributed by atoms with Crippen LogP contribution in [0.3, 0.4) is 0 Å². The van der Waals surface area contributed by atoms with Gasteiger partial charge in [-0.1, -0.05) is 141 Å². The van der Waals surface area contributed by atoms with Gasteiger partial charge in [-0.2, -0.15) is 0 Å². The van der Waals surface area contributed by atoms with Gasteiger partial charge in [0.25, 0.3) is 0 Å². The van der Waals surface area contributed by atoms with Crippen molar-refractivity contribution >= 4 is 54.4 Å². The molecule has 12 rings (SSSR count). The van der Waals surface area contributed by atoms with Crippen LogP contribution in [0.25, 0.3) is 99.1 Å². The molecule has 0 fully saturated rings. The summed E-state index contributed by atoms with van der Waals surface area (Å²) in [6.07, 6.45) is 0. The normalized spacial score (nSPS) is 13.8. The van der Waals surface area contributed by atoms with Gasteiger partial charge in [0, 0.05) is 43.6 Å². The number of aromatic nitrogens is 2. The van der Waals surface area contributed by atoms with Crippen molar-refractivity contribution < 1.29 is 0 Å². The average molecular weight is 649 g/mol. The molecule has 51 heavy (non-hydrogen) atoms. The lowest BCUT2D eigenvalue weighted by Crippen LogP contribution is -2.15. The first-order valence-corrected chi connectivity index (χ1v) is 18.0. The molecule has 2 heteroatoms. The summed E-state index contributed by atoms with van der Waals surface area (Å²) in [4.78, 5) is 0. The Morgan fingerprint density at radius 3 is 1.73 bits per heavy atom. The van der Waals surface area contributed by atoms with Gasteiger partial charge in [0.05, 0.1) is 27.8 Å². The van der Waals surface area contributed by atoms with E-state index in [1.807, 2.05) is 0 Å². The third-order valence-corrected chi connectivity index (χ3v) is 12.0. The fourth-order valence-corrected chi connectivity index (χ4v) is 10.0. The lowest BCUT2D eigenvalue weighted by atomic mass is 9.80.